The van der Waals surface area contributed by atoms with Crippen molar-refractivity contribution < 1.29 is 9.53 Å². The van der Waals surface area contributed by atoms with Crippen LogP contribution in [0.5, 0.6) is 0 Å². The molecule has 1 N–H and O–H groups in total. The summed E-state index contributed by atoms with van der Waals surface area (Å²) < 4.78 is 5.49. The van der Waals surface area contributed by atoms with Crippen LogP contribution in [-0.2, 0) is 9.53 Å². The predicted molar refractivity (Wildman–Crippen MR) is 70.3 cm³/mol. The Morgan fingerprint density at radius 1 is 1.28 bits per heavy atom. The summed E-state index contributed by atoms with van der Waals surface area (Å²) in [6.07, 6.45) is 6.32. The minimum absolute atomic E-state index is 0.115. The minimum Gasteiger partial charge on any atom is -0.379 e. The van der Waals surface area contributed by atoms with Crippen LogP contribution in [0.2, 0.25) is 0 Å². The summed E-state index contributed by atoms with van der Waals surface area (Å²) in [4.78, 5) is 12.4. The molecule has 102 valence electrons. The summed E-state index contributed by atoms with van der Waals surface area (Å²) in [5.74, 6) is 3.07. The second-order valence-corrected chi connectivity index (χ2v) is 6.41. The number of Topliss-reactive ketones (excluding diaryl/α,β-unsaturated/α-hetero) is 1. The fourth-order valence-corrected chi connectivity index (χ4v) is 4.37. The van der Waals surface area contributed by atoms with Gasteiger partial charge in [0.1, 0.15) is 5.78 Å². The van der Waals surface area contributed by atoms with Gasteiger partial charge in [0.2, 0.25) is 0 Å². The van der Waals surface area contributed by atoms with E-state index < -0.39 is 0 Å². The maximum atomic E-state index is 12.4. The molecule has 0 amide bonds. The van der Waals surface area contributed by atoms with Gasteiger partial charge in [-0.1, -0.05) is 13.3 Å². The van der Waals surface area contributed by atoms with Gasteiger partial charge in [0.15, 0.2) is 0 Å². The van der Waals surface area contributed by atoms with Gasteiger partial charge >= 0.3 is 0 Å². The zero-order valence-corrected chi connectivity index (χ0v) is 11.4. The van der Waals surface area contributed by atoms with Crippen LogP contribution in [0.15, 0.2) is 0 Å². The van der Waals surface area contributed by atoms with Crippen LogP contribution >= 0.6 is 0 Å². The summed E-state index contributed by atoms with van der Waals surface area (Å²) in [6, 6.07) is 0.265. The number of fused-ring (bicyclic) bond motifs is 2. The Labute approximate surface area is 110 Å². The van der Waals surface area contributed by atoms with Crippen molar-refractivity contribution in [2.24, 2.45) is 23.7 Å². The van der Waals surface area contributed by atoms with Crippen LogP contribution in [-0.4, -0.2) is 31.6 Å². The smallest absolute Gasteiger partial charge is 0.140 e. The third-order valence-electron chi connectivity index (χ3n) is 5.31. The SMILES string of the molecule is CCNC1COCC1C(=O)CC1CC2CCC1C2. The number of ether oxygens (including phenoxy) is 1. The van der Waals surface area contributed by atoms with Crippen LogP contribution in [0.3, 0.4) is 0 Å². The molecule has 1 saturated heterocycles. The molecule has 18 heavy (non-hydrogen) atoms. The lowest BCUT2D eigenvalue weighted by Crippen LogP contribution is -2.39. The quantitative estimate of drug-likeness (QED) is 0.812. The predicted octanol–water partition coefficient (Wildman–Crippen LogP) is 2.01. The average molecular weight is 251 g/mol. The molecule has 0 aromatic heterocycles. The Balaban J connectivity index is 1.54. The second-order valence-electron chi connectivity index (χ2n) is 6.41. The minimum atomic E-state index is 0.115. The third-order valence-corrected chi connectivity index (χ3v) is 5.31. The molecule has 0 spiro atoms. The van der Waals surface area contributed by atoms with Crippen molar-refractivity contribution in [1.82, 2.24) is 5.32 Å². The van der Waals surface area contributed by atoms with Gasteiger partial charge < -0.3 is 10.1 Å². The first-order valence-corrected chi connectivity index (χ1v) is 7.61. The van der Waals surface area contributed by atoms with Gasteiger partial charge in [-0.05, 0) is 43.6 Å². The molecule has 2 aliphatic carbocycles. The molecule has 3 heteroatoms. The van der Waals surface area contributed by atoms with E-state index in [4.69, 9.17) is 4.74 Å². The fraction of sp³-hybridized carbons (Fsp3) is 0.933. The highest BCUT2D eigenvalue weighted by Crippen LogP contribution is 2.49. The Morgan fingerprint density at radius 3 is 2.83 bits per heavy atom. The Hall–Kier alpha value is -0.410. The zero-order valence-electron chi connectivity index (χ0n) is 11.4. The molecule has 0 radical (unpaired) electrons. The first kappa shape index (κ1) is 12.6. The Kier molecular flexibility index (Phi) is 3.71. The molecule has 3 rings (SSSR count). The number of hydrogen-bond donors (Lipinski definition) is 1. The molecule has 2 bridgehead atoms. The van der Waals surface area contributed by atoms with Crippen LogP contribution in [0, 0.1) is 23.7 Å². The van der Waals surface area contributed by atoms with Gasteiger partial charge in [-0.15, -0.1) is 0 Å². The Morgan fingerprint density at radius 2 is 2.17 bits per heavy atom. The number of carbonyl (C=O) groups excluding carboxylic acids is 1. The topological polar surface area (TPSA) is 38.3 Å². The summed E-state index contributed by atoms with van der Waals surface area (Å²) in [5.41, 5.74) is 0. The lowest BCUT2D eigenvalue weighted by Gasteiger charge is -2.24. The standard InChI is InChI=1S/C15H25NO2/c1-2-16-14-9-18-8-13(14)15(17)7-12-6-10-3-4-11(12)5-10/h10-14,16H,2-9H2,1H3. The molecule has 3 fully saturated rings. The average Bonchev–Trinajstić information content (AvgIpc) is 3.04. The first-order valence-electron chi connectivity index (χ1n) is 7.61. The normalized spacial score (nSPS) is 42.6. The van der Waals surface area contributed by atoms with Gasteiger partial charge in [0, 0.05) is 12.5 Å². The van der Waals surface area contributed by atoms with Crippen molar-refractivity contribution >= 4 is 5.78 Å². The van der Waals surface area contributed by atoms with Gasteiger partial charge in [0.25, 0.3) is 0 Å². The number of rotatable bonds is 5. The molecule has 0 aromatic rings. The molecule has 2 saturated carbocycles. The van der Waals surface area contributed by atoms with E-state index in [0.717, 1.165) is 24.8 Å². The van der Waals surface area contributed by atoms with Crippen LogP contribution in [0.4, 0.5) is 0 Å². The van der Waals surface area contributed by atoms with Crippen molar-refractivity contribution in [3.05, 3.63) is 0 Å². The summed E-state index contributed by atoms with van der Waals surface area (Å²) >= 11 is 0. The zero-order chi connectivity index (χ0) is 12.5. The van der Waals surface area contributed by atoms with E-state index in [1.165, 1.54) is 25.7 Å². The maximum absolute atomic E-state index is 12.4. The number of ketones is 1. The molecular weight excluding hydrogens is 226 g/mol. The number of hydrogen-bond acceptors (Lipinski definition) is 3. The Bertz CT molecular complexity index is 318. The lowest BCUT2D eigenvalue weighted by molar-refractivity contribution is -0.124. The van der Waals surface area contributed by atoms with Crippen molar-refractivity contribution in [2.75, 3.05) is 19.8 Å². The fourth-order valence-electron chi connectivity index (χ4n) is 4.37. The maximum Gasteiger partial charge on any atom is 0.140 e. The first-order chi connectivity index (χ1) is 8.78. The van der Waals surface area contributed by atoms with Crippen LogP contribution < -0.4 is 5.32 Å². The van der Waals surface area contributed by atoms with Crippen LogP contribution in [0.25, 0.3) is 0 Å². The van der Waals surface area contributed by atoms with Gasteiger partial charge in [0.05, 0.1) is 19.1 Å². The monoisotopic (exact) mass is 251 g/mol. The molecule has 1 aliphatic heterocycles. The van der Waals surface area contributed by atoms with Gasteiger partial charge in [-0.3, -0.25) is 4.79 Å². The van der Waals surface area contributed by atoms with Crippen LogP contribution in [0.1, 0.15) is 39.0 Å². The van der Waals surface area contributed by atoms with Gasteiger partial charge in [-0.2, -0.15) is 0 Å². The van der Waals surface area contributed by atoms with Gasteiger partial charge in [-0.25, -0.2) is 0 Å². The largest absolute Gasteiger partial charge is 0.379 e. The van der Waals surface area contributed by atoms with E-state index in [9.17, 15) is 4.79 Å². The number of nitrogens with one attached hydrogen (secondary N) is 1. The van der Waals surface area contributed by atoms with Crippen molar-refractivity contribution in [3.8, 4) is 0 Å². The van der Waals surface area contributed by atoms with Crippen molar-refractivity contribution in [3.63, 3.8) is 0 Å². The van der Waals surface area contributed by atoms with E-state index in [0.29, 0.717) is 24.9 Å². The number of likely N-dealkylation sites (N-methyl/N-ethyl adjacent to an activating group) is 1. The lowest BCUT2D eigenvalue weighted by atomic mass is 9.82. The highest BCUT2D eigenvalue weighted by molar-refractivity contribution is 5.82. The molecule has 0 aromatic carbocycles. The molecule has 1 heterocycles. The second kappa shape index (κ2) is 5.30. The third kappa shape index (κ3) is 2.35. The van der Waals surface area contributed by atoms with E-state index in [1.54, 1.807) is 0 Å². The van der Waals surface area contributed by atoms with Crippen molar-refractivity contribution in [2.45, 2.75) is 45.1 Å². The molecule has 5 unspecified atom stereocenters. The summed E-state index contributed by atoms with van der Waals surface area (Å²) in [7, 11) is 0. The molecular formula is C15H25NO2. The highest BCUT2D eigenvalue weighted by atomic mass is 16.5. The molecule has 3 aliphatic rings. The van der Waals surface area contributed by atoms with Crippen molar-refractivity contribution in [1.29, 1.82) is 0 Å². The molecule has 5 atom stereocenters. The summed E-state index contributed by atoms with van der Waals surface area (Å²) in [5, 5.41) is 3.39. The number of carbonyl (C=O) groups is 1. The van der Waals surface area contributed by atoms with E-state index in [2.05, 4.69) is 12.2 Å². The van der Waals surface area contributed by atoms with E-state index in [1.807, 2.05) is 0 Å². The summed E-state index contributed by atoms with van der Waals surface area (Å²) in [6.45, 7) is 4.36. The highest BCUT2D eigenvalue weighted by Gasteiger charge is 2.42. The molecule has 3 nitrogen and oxygen atoms in total. The van der Waals surface area contributed by atoms with E-state index in [-0.39, 0.29) is 12.0 Å². The van der Waals surface area contributed by atoms with E-state index >= 15 is 0 Å².